The number of imidazole rings is 1. The summed E-state index contributed by atoms with van der Waals surface area (Å²) in [6.07, 6.45) is 2.85. The van der Waals surface area contributed by atoms with Gasteiger partial charge in [0.25, 0.3) is 0 Å². The summed E-state index contributed by atoms with van der Waals surface area (Å²) in [6, 6.07) is 7.79. The molecule has 4 heterocycles. The molecule has 20 heavy (non-hydrogen) atoms. The second-order valence-corrected chi connectivity index (χ2v) is 5.27. The predicted molar refractivity (Wildman–Crippen MR) is 76.8 cm³/mol. The summed E-state index contributed by atoms with van der Waals surface area (Å²) in [5.74, 6) is 1.47. The number of hydrogen-bond donors (Lipinski definition) is 1. The lowest BCUT2D eigenvalue weighted by Gasteiger charge is -2.13. The Morgan fingerprint density at radius 1 is 1.35 bits per heavy atom. The third-order valence-corrected chi connectivity index (χ3v) is 3.84. The molecule has 1 fully saturated rings. The van der Waals surface area contributed by atoms with Gasteiger partial charge in [-0.15, -0.1) is 0 Å². The van der Waals surface area contributed by atoms with Gasteiger partial charge in [-0.3, -0.25) is 0 Å². The van der Waals surface area contributed by atoms with E-state index in [1.807, 2.05) is 18.2 Å². The third-order valence-electron chi connectivity index (χ3n) is 3.64. The Balaban J connectivity index is 1.96. The standard InChI is InChI=1S/C14H13ClN4O/c15-12-4-3-11(20-12)14-18-10-2-1-6-17-13(10)19(14)9-5-7-16-8-9/h1-4,6,9,16H,5,7-8H2. The molecule has 0 amide bonds. The molecular formula is C14H13ClN4O. The topological polar surface area (TPSA) is 55.9 Å². The van der Waals surface area contributed by atoms with Crippen LogP contribution in [0.3, 0.4) is 0 Å². The lowest BCUT2D eigenvalue weighted by Crippen LogP contribution is -2.14. The maximum Gasteiger partial charge on any atom is 0.194 e. The zero-order valence-corrected chi connectivity index (χ0v) is 11.5. The van der Waals surface area contributed by atoms with Crippen molar-refractivity contribution in [3.63, 3.8) is 0 Å². The fourth-order valence-electron chi connectivity index (χ4n) is 2.74. The van der Waals surface area contributed by atoms with Gasteiger partial charge in [0.05, 0.1) is 6.04 Å². The van der Waals surface area contributed by atoms with Gasteiger partial charge in [0.15, 0.2) is 22.5 Å². The van der Waals surface area contributed by atoms with Gasteiger partial charge in [0.1, 0.15) is 5.52 Å². The molecule has 0 aromatic carbocycles. The second kappa shape index (κ2) is 4.61. The highest BCUT2D eigenvalue weighted by Crippen LogP contribution is 2.31. The number of nitrogens with zero attached hydrogens (tertiary/aromatic N) is 3. The number of fused-ring (bicyclic) bond motifs is 1. The average Bonchev–Trinajstić information content (AvgIpc) is 3.15. The molecule has 6 heteroatoms. The largest absolute Gasteiger partial charge is 0.441 e. The van der Waals surface area contributed by atoms with Crippen LogP contribution in [-0.2, 0) is 0 Å². The van der Waals surface area contributed by atoms with Crippen LogP contribution in [0.25, 0.3) is 22.7 Å². The number of rotatable bonds is 2. The molecule has 1 atom stereocenters. The third kappa shape index (κ3) is 1.82. The van der Waals surface area contributed by atoms with Gasteiger partial charge in [-0.25, -0.2) is 9.97 Å². The Morgan fingerprint density at radius 3 is 3.05 bits per heavy atom. The van der Waals surface area contributed by atoms with Crippen LogP contribution in [0.1, 0.15) is 12.5 Å². The molecule has 3 aromatic rings. The molecule has 3 aromatic heterocycles. The number of hydrogen-bond acceptors (Lipinski definition) is 4. The number of pyridine rings is 1. The zero-order valence-electron chi connectivity index (χ0n) is 10.7. The Hall–Kier alpha value is -1.85. The van der Waals surface area contributed by atoms with E-state index in [0.717, 1.165) is 36.5 Å². The number of furan rings is 1. The van der Waals surface area contributed by atoms with Gasteiger partial charge < -0.3 is 14.3 Å². The van der Waals surface area contributed by atoms with E-state index in [1.165, 1.54) is 0 Å². The van der Waals surface area contributed by atoms with Gasteiger partial charge in [0, 0.05) is 12.7 Å². The molecule has 0 spiro atoms. The van der Waals surface area contributed by atoms with Crippen LogP contribution in [0, 0.1) is 0 Å². The van der Waals surface area contributed by atoms with E-state index in [-0.39, 0.29) is 0 Å². The Kier molecular flexibility index (Phi) is 2.75. The van der Waals surface area contributed by atoms with Crippen LogP contribution in [0.2, 0.25) is 5.22 Å². The van der Waals surface area contributed by atoms with Crippen molar-refractivity contribution in [2.24, 2.45) is 0 Å². The van der Waals surface area contributed by atoms with Crippen molar-refractivity contribution in [2.75, 3.05) is 13.1 Å². The molecule has 4 rings (SSSR count). The lowest BCUT2D eigenvalue weighted by atomic mass is 10.2. The van der Waals surface area contributed by atoms with Crippen LogP contribution >= 0.6 is 11.6 Å². The molecule has 1 unspecified atom stereocenters. The average molecular weight is 289 g/mol. The molecule has 1 aliphatic rings. The maximum atomic E-state index is 5.89. The van der Waals surface area contributed by atoms with Gasteiger partial charge >= 0.3 is 0 Å². The molecular weight excluding hydrogens is 276 g/mol. The molecule has 0 saturated carbocycles. The van der Waals surface area contributed by atoms with Crippen LogP contribution in [-0.4, -0.2) is 27.6 Å². The number of halogens is 1. The molecule has 5 nitrogen and oxygen atoms in total. The summed E-state index contributed by atoms with van der Waals surface area (Å²) in [6.45, 7) is 1.93. The maximum absolute atomic E-state index is 5.89. The van der Waals surface area contributed by atoms with Gasteiger partial charge in [0.2, 0.25) is 0 Å². The van der Waals surface area contributed by atoms with Crippen molar-refractivity contribution in [1.82, 2.24) is 19.9 Å². The fourth-order valence-corrected chi connectivity index (χ4v) is 2.89. The summed E-state index contributed by atoms with van der Waals surface area (Å²) in [5, 5.41) is 3.75. The first-order valence-electron chi connectivity index (χ1n) is 6.62. The van der Waals surface area contributed by atoms with Crippen molar-refractivity contribution in [1.29, 1.82) is 0 Å². The van der Waals surface area contributed by atoms with Crippen LogP contribution in [0.4, 0.5) is 0 Å². The quantitative estimate of drug-likeness (QED) is 0.788. The van der Waals surface area contributed by atoms with Crippen LogP contribution in [0.15, 0.2) is 34.9 Å². The summed E-state index contributed by atoms with van der Waals surface area (Å²) in [5.41, 5.74) is 1.77. The predicted octanol–water partition coefficient (Wildman–Crippen LogP) is 2.88. The van der Waals surface area contributed by atoms with Gasteiger partial charge in [-0.1, -0.05) is 0 Å². The minimum Gasteiger partial charge on any atom is -0.441 e. The number of aromatic nitrogens is 3. The SMILES string of the molecule is Clc1ccc(-c2nc3cccnc3n2C2CCNC2)o1. The van der Waals surface area contributed by atoms with Crippen molar-refractivity contribution < 1.29 is 4.42 Å². The Bertz CT molecular complexity index is 757. The van der Waals surface area contributed by atoms with E-state index in [4.69, 9.17) is 16.0 Å². The van der Waals surface area contributed by atoms with E-state index >= 15 is 0 Å². The minimum absolute atomic E-state index is 0.341. The smallest absolute Gasteiger partial charge is 0.194 e. The highest BCUT2D eigenvalue weighted by molar-refractivity contribution is 6.28. The normalized spacial score (nSPS) is 18.9. The van der Waals surface area contributed by atoms with Crippen LogP contribution < -0.4 is 5.32 Å². The molecule has 102 valence electrons. The van der Waals surface area contributed by atoms with Crippen molar-refractivity contribution >= 4 is 22.8 Å². The molecule has 1 aliphatic heterocycles. The second-order valence-electron chi connectivity index (χ2n) is 4.90. The lowest BCUT2D eigenvalue weighted by molar-refractivity contribution is 0.536. The van der Waals surface area contributed by atoms with E-state index in [0.29, 0.717) is 17.0 Å². The molecule has 0 aliphatic carbocycles. The summed E-state index contributed by atoms with van der Waals surface area (Å²) in [7, 11) is 0. The van der Waals surface area contributed by atoms with Gasteiger partial charge in [-0.2, -0.15) is 0 Å². The first kappa shape index (κ1) is 11.9. The fraction of sp³-hybridized carbons (Fsp3) is 0.286. The van der Waals surface area contributed by atoms with Crippen LogP contribution in [0.5, 0.6) is 0 Å². The molecule has 0 radical (unpaired) electrons. The monoisotopic (exact) mass is 288 g/mol. The first-order chi connectivity index (χ1) is 9.83. The van der Waals surface area contributed by atoms with E-state index in [1.54, 1.807) is 12.3 Å². The highest BCUT2D eigenvalue weighted by atomic mass is 35.5. The molecule has 1 N–H and O–H groups in total. The number of nitrogens with one attached hydrogen (secondary N) is 1. The summed E-state index contributed by atoms with van der Waals surface area (Å²) < 4.78 is 7.69. The Morgan fingerprint density at radius 2 is 2.30 bits per heavy atom. The minimum atomic E-state index is 0.341. The molecule has 1 saturated heterocycles. The molecule has 0 bridgehead atoms. The summed E-state index contributed by atoms with van der Waals surface area (Å²) in [4.78, 5) is 9.14. The first-order valence-corrected chi connectivity index (χ1v) is 7.00. The van der Waals surface area contributed by atoms with E-state index in [2.05, 4.69) is 19.9 Å². The summed E-state index contributed by atoms with van der Waals surface area (Å²) >= 11 is 5.89. The Labute approximate surface area is 120 Å². The van der Waals surface area contributed by atoms with E-state index < -0.39 is 0 Å². The van der Waals surface area contributed by atoms with Crippen molar-refractivity contribution in [3.8, 4) is 11.6 Å². The van der Waals surface area contributed by atoms with Crippen molar-refractivity contribution in [2.45, 2.75) is 12.5 Å². The van der Waals surface area contributed by atoms with E-state index in [9.17, 15) is 0 Å². The van der Waals surface area contributed by atoms with Gasteiger partial charge in [-0.05, 0) is 48.8 Å². The van der Waals surface area contributed by atoms with Crippen molar-refractivity contribution in [3.05, 3.63) is 35.7 Å². The zero-order chi connectivity index (χ0) is 13.5. The highest BCUT2D eigenvalue weighted by Gasteiger charge is 2.25.